The Morgan fingerprint density at radius 1 is 1.08 bits per heavy atom. The molecule has 0 saturated heterocycles. The van der Waals surface area contributed by atoms with E-state index in [1.54, 1.807) is 0 Å². The van der Waals surface area contributed by atoms with Gasteiger partial charge in [0.1, 0.15) is 0 Å². The zero-order valence-electron chi connectivity index (χ0n) is 13.1. The van der Waals surface area contributed by atoms with Crippen molar-refractivity contribution in [2.24, 2.45) is 0 Å². The van der Waals surface area contributed by atoms with Crippen LogP contribution in [0.15, 0.2) is 42.5 Å². The molecule has 9 heteroatoms. The zero-order valence-corrected chi connectivity index (χ0v) is 13.1. The number of alkyl halides is 3. The van der Waals surface area contributed by atoms with E-state index in [0.29, 0.717) is 11.5 Å². The van der Waals surface area contributed by atoms with Gasteiger partial charge in [0.2, 0.25) is 6.79 Å². The Hall–Kier alpha value is -3.23. The van der Waals surface area contributed by atoms with E-state index in [-0.39, 0.29) is 12.4 Å². The molecule has 136 valence electrons. The maximum Gasteiger partial charge on any atom is 0.418 e. The minimum Gasteiger partial charge on any atom is -0.454 e. The molecular weight excluding hydrogens is 355 g/mol. The van der Waals surface area contributed by atoms with E-state index in [0.717, 1.165) is 12.1 Å². The molecule has 1 N–H and O–H groups in total. The Bertz CT molecular complexity index is 851. The van der Waals surface area contributed by atoms with Crippen LogP contribution in [0.2, 0.25) is 0 Å². The first kappa shape index (κ1) is 17.6. The van der Waals surface area contributed by atoms with Crippen LogP contribution in [0, 0.1) is 0 Å². The van der Waals surface area contributed by atoms with Crippen LogP contribution >= 0.6 is 0 Å². The molecule has 6 nitrogen and oxygen atoms in total. The smallest absolute Gasteiger partial charge is 0.418 e. The predicted molar refractivity (Wildman–Crippen MR) is 82.9 cm³/mol. The van der Waals surface area contributed by atoms with Gasteiger partial charge in [-0.3, -0.25) is 4.79 Å². The molecule has 2 aromatic rings. The van der Waals surface area contributed by atoms with Crippen molar-refractivity contribution in [3.05, 3.63) is 53.6 Å². The quantitative estimate of drug-likeness (QED) is 0.840. The van der Waals surface area contributed by atoms with Crippen LogP contribution in [0.3, 0.4) is 0 Å². The molecular formula is C17H12F3NO5. The first-order valence-corrected chi connectivity index (χ1v) is 7.37. The molecule has 26 heavy (non-hydrogen) atoms. The van der Waals surface area contributed by atoms with Crippen molar-refractivity contribution in [3.63, 3.8) is 0 Å². The van der Waals surface area contributed by atoms with Crippen LogP contribution in [0.5, 0.6) is 11.5 Å². The number of halogens is 3. The van der Waals surface area contributed by atoms with E-state index < -0.39 is 35.9 Å². The fraction of sp³-hybridized carbons (Fsp3) is 0.176. The molecule has 0 aromatic heterocycles. The summed E-state index contributed by atoms with van der Waals surface area (Å²) in [5.41, 5.74) is -1.28. The third-order valence-electron chi connectivity index (χ3n) is 3.45. The van der Waals surface area contributed by atoms with Crippen molar-refractivity contribution in [3.8, 4) is 11.5 Å². The summed E-state index contributed by atoms with van der Waals surface area (Å²) in [6, 6.07) is 8.84. The fourth-order valence-electron chi connectivity index (χ4n) is 2.26. The number of rotatable bonds is 4. The van der Waals surface area contributed by atoms with Crippen molar-refractivity contribution >= 4 is 17.6 Å². The van der Waals surface area contributed by atoms with Gasteiger partial charge in [-0.2, -0.15) is 13.2 Å². The molecule has 0 aliphatic carbocycles. The third kappa shape index (κ3) is 3.88. The van der Waals surface area contributed by atoms with Crippen molar-refractivity contribution < 1.29 is 37.0 Å². The molecule has 0 spiro atoms. The lowest BCUT2D eigenvalue weighted by atomic mass is 10.1. The molecule has 3 rings (SSSR count). The lowest BCUT2D eigenvalue weighted by Crippen LogP contribution is -2.22. The van der Waals surface area contributed by atoms with Gasteiger partial charge in [0, 0.05) is 0 Å². The SMILES string of the molecule is O=C(COC(=O)c1ccc2c(c1)OCO2)Nc1ccccc1C(F)(F)F. The largest absolute Gasteiger partial charge is 0.454 e. The summed E-state index contributed by atoms with van der Waals surface area (Å²) in [5, 5.41) is 2.08. The molecule has 1 amide bonds. The van der Waals surface area contributed by atoms with E-state index in [1.807, 2.05) is 0 Å². The lowest BCUT2D eigenvalue weighted by Gasteiger charge is -2.13. The Morgan fingerprint density at radius 3 is 2.58 bits per heavy atom. The second kappa shape index (κ2) is 6.95. The highest BCUT2D eigenvalue weighted by Gasteiger charge is 2.33. The van der Waals surface area contributed by atoms with Crippen LogP contribution in [-0.4, -0.2) is 25.3 Å². The molecule has 1 heterocycles. The molecule has 1 aliphatic rings. The van der Waals surface area contributed by atoms with Gasteiger partial charge in [0.15, 0.2) is 18.1 Å². The van der Waals surface area contributed by atoms with E-state index in [9.17, 15) is 22.8 Å². The van der Waals surface area contributed by atoms with Crippen molar-refractivity contribution in [2.45, 2.75) is 6.18 Å². The number of ether oxygens (including phenoxy) is 3. The Kier molecular flexibility index (Phi) is 4.70. The molecule has 2 aromatic carbocycles. The summed E-state index contributed by atoms with van der Waals surface area (Å²) in [5.74, 6) is -0.871. The zero-order chi connectivity index (χ0) is 18.7. The second-order valence-electron chi connectivity index (χ2n) is 5.24. The fourth-order valence-corrected chi connectivity index (χ4v) is 2.26. The summed E-state index contributed by atoms with van der Waals surface area (Å²) in [7, 11) is 0. The molecule has 0 radical (unpaired) electrons. The van der Waals surface area contributed by atoms with Gasteiger partial charge >= 0.3 is 12.1 Å². The summed E-state index contributed by atoms with van der Waals surface area (Å²) in [4.78, 5) is 23.8. The Labute approximate surface area is 145 Å². The predicted octanol–water partition coefficient (Wildman–Crippen LogP) is 3.23. The molecule has 1 aliphatic heterocycles. The highest BCUT2D eigenvalue weighted by Crippen LogP contribution is 2.34. The summed E-state index contributed by atoms with van der Waals surface area (Å²) in [6.45, 7) is -0.700. The second-order valence-corrected chi connectivity index (χ2v) is 5.24. The lowest BCUT2D eigenvalue weighted by molar-refractivity contribution is -0.137. The van der Waals surface area contributed by atoms with Gasteiger partial charge in [-0.05, 0) is 30.3 Å². The standard InChI is InChI=1S/C17H12F3NO5/c18-17(19,20)11-3-1-2-4-12(11)21-15(22)8-24-16(23)10-5-6-13-14(7-10)26-9-25-13/h1-7H,8-9H2,(H,21,22). The number of para-hydroxylation sites is 1. The molecule has 0 atom stereocenters. The number of fused-ring (bicyclic) bond motifs is 1. The number of esters is 1. The number of carbonyl (C=O) groups excluding carboxylic acids is 2. The monoisotopic (exact) mass is 367 g/mol. The number of amides is 1. The summed E-state index contributed by atoms with van der Waals surface area (Å²) >= 11 is 0. The van der Waals surface area contributed by atoms with E-state index in [1.165, 1.54) is 30.3 Å². The summed E-state index contributed by atoms with van der Waals surface area (Å²) < 4.78 is 53.7. The van der Waals surface area contributed by atoms with Crippen LogP contribution in [-0.2, 0) is 15.7 Å². The highest BCUT2D eigenvalue weighted by molar-refractivity contribution is 5.96. The van der Waals surface area contributed by atoms with Crippen LogP contribution in [0.4, 0.5) is 18.9 Å². The van der Waals surface area contributed by atoms with Gasteiger partial charge in [0.25, 0.3) is 5.91 Å². The van der Waals surface area contributed by atoms with E-state index in [4.69, 9.17) is 14.2 Å². The molecule has 0 bridgehead atoms. The average Bonchev–Trinajstić information content (AvgIpc) is 3.07. The normalized spacial score (nSPS) is 12.6. The highest BCUT2D eigenvalue weighted by atomic mass is 19.4. The minimum absolute atomic E-state index is 0.0366. The maximum atomic E-state index is 12.9. The van der Waals surface area contributed by atoms with Crippen LogP contribution in [0.1, 0.15) is 15.9 Å². The Morgan fingerprint density at radius 2 is 1.81 bits per heavy atom. The topological polar surface area (TPSA) is 73.9 Å². The molecule has 0 fully saturated rings. The number of hydrogen-bond donors (Lipinski definition) is 1. The number of anilines is 1. The van der Waals surface area contributed by atoms with Crippen LogP contribution in [0.25, 0.3) is 0 Å². The van der Waals surface area contributed by atoms with Crippen molar-refractivity contribution in [1.29, 1.82) is 0 Å². The van der Waals surface area contributed by atoms with Gasteiger partial charge in [-0.15, -0.1) is 0 Å². The molecule has 0 saturated carbocycles. The first-order valence-electron chi connectivity index (χ1n) is 7.37. The van der Waals surface area contributed by atoms with Gasteiger partial charge in [0.05, 0.1) is 16.8 Å². The maximum absolute atomic E-state index is 12.9. The molecule has 0 unspecified atom stereocenters. The Balaban J connectivity index is 1.60. The third-order valence-corrected chi connectivity index (χ3v) is 3.45. The number of hydrogen-bond acceptors (Lipinski definition) is 5. The van der Waals surface area contributed by atoms with Crippen molar-refractivity contribution in [2.75, 3.05) is 18.7 Å². The van der Waals surface area contributed by atoms with E-state index in [2.05, 4.69) is 5.32 Å². The minimum atomic E-state index is -4.62. The average molecular weight is 367 g/mol. The van der Waals surface area contributed by atoms with E-state index >= 15 is 0 Å². The van der Waals surface area contributed by atoms with Crippen molar-refractivity contribution in [1.82, 2.24) is 0 Å². The first-order chi connectivity index (χ1) is 12.3. The summed E-state index contributed by atoms with van der Waals surface area (Å²) in [6.07, 6.45) is -4.62. The number of nitrogens with one attached hydrogen (secondary N) is 1. The number of benzene rings is 2. The number of carbonyl (C=O) groups is 2. The van der Waals surface area contributed by atoms with Gasteiger partial charge in [-0.25, -0.2) is 4.79 Å². The van der Waals surface area contributed by atoms with Gasteiger partial charge < -0.3 is 19.5 Å². The van der Waals surface area contributed by atoms with Gasteiger partial charge in [-0.1, -0.05) is 12.1 Å². The van der Waals surface area contributed by atoms with Crippen LogP contribution < -0.4 is 14.8 Å².